The molecule has 1 fully saturated rings. The van der Waals surface area contributed by atoms with Gasteiger partial charge < -0.3 is 14.6 Å². The van der Waals surface area contributed by atoms with Gasteiger partial charge in [0.05, 0.1) is 12.2 Å². The number of carbonyl (C=O) groups is 1. The minimum atomic E-state index is -0.147. The molecule has 0 radical (unpaired) electrons. The maximum atomic E-state index is 12.5. The van der Waals surface area contributed by atoms with Crippen LogP contribution in [-0.2, 0) is 37.9 Å². The molecule has 5 rings (SSSR count). The molecule has 7 heteroatoms. The Balaban J connectivity index is 1.27. The molecule has 3 aromatic rings. The highest BCUT2D eigenvalue weighted by atomic mass is 16.5. The number of carbonyl (C=O) groups excluding carboxylic acids is 1. The summed E-state index contributed by atoms with van der Waals surface area (Å²) in [6, 6.07) is 8.71. The first-order valence-corrected chi connectivity index (χ1v) is 12.3. The van der Waals surface area contributed by atoms with Crippen molar-refractivity contribution in [1.82, 2.24) is 24.6 Å². The number of para-hydroxylation sites is 1. The summed E-state index contributed by atoms with van der Waals surface area (Å²) in [4.78, 5) is 15.1. The second-order valence-corrected chi connectivity index (χ2v) is 9.54. The normalized spacial score (nSPS) is 18.0. The molecule has 0 bridgehead atoms. The second kappa shape index (κ2) is 8.95. The van der Waals surface area contributed by atoms with Gasteiger partial charge >= 0.3 is 0 Å². The molecule has 0 aliphatic carbocycles. The molecule has 2 aromatic heterocycles. The third-order valence-electron chi connectivity index (χ3n) is 7.41. The van der Waals surface area contributed by atoms with Crippen LogP contribution in [-0.4, -0.2) is 50.4 Å². The molecular weight excluding hydrogens is 414 g/mol. The molecule has 1 amide bonds. The van der Waals surface area contributed by atoms with Gasteiger partial charge in [0, 0.05) is 74.5 Å². The number of piperidine rings is 1. The standard InChI is InChI=1S/C26H35N5O2/c1-4-12-27-25(32)24-21-18-33-26(15-23(21)29(3)28-24)10-13-30(14-11-26)16-19-17-31(5-2)22-9-7-6-8-20(19)22/h6-9,17H,4-5,10-16,18H2,1-3H3,(H,27,32). The topological polar surface area (TPSA) is 64.3 Å². The lowest BCUT2D eigenvalue weighted by Gasteiger charge is -2.44. The Hall–Kier alpha value is -2.64. The van der Waals surface area contributed by atoms with Gasteiger partial charge in [-0.1, -0.05) is 25.1 Å². The van der Waals surface area contributed by atoms with E-state index in [2.05, 4.69) is 64.2 Å². The molecule has 7 nitrogen and oxygen atoms in total. The quantitative estimate of drug-likeness (QED) is 0.624. The van der Waals surface area contributed by atoms with Gasteiger partial charge in [-0.05, 0) is 37.8 Å². The summed E-state index contributed by atoms with van der Waals surface area (Å²) in [7, 11) is 1.95. The van der Waals surface area contributed by atoms with Gasteiger partial charge in [0.1, 0.15) is 0 Å². The first-order chi connectivity index (χ1) is 16.0. The fourth-order valence-electron chi connectivity index (χ4n) is 5.45. The maximum Gasteiger partial charge on any atom is 0.272 e. The maximum absolute atomic E-state index is 12.5. The van der Waals surface area contributed by atoms with E-state index in [1.165, 1.54) is 16.5 Å². The first-order valence-electron chi connectivity index (χ1n) is 12.3. The summed E-state index contributed by atoms with van der Waals surface area (Å²) < 4.78 is 10.7. The van der Waals surface area contributed by atoms with Crippen LogP contribution >= 0.6 is 0 Å². The molecule has 1 saturated heterocycles. The van der Waals surface area contributed by atoms with Crippen molar-refractivity contribution in [3.63, 3.8) is 0 Å². The van der Waals surface area contributed by atoms with Gasteiger partial charge in [0.15, 0.2) is 5.69 Å². The summed E-state index contributed by atoms with van der Waals surface area (Å²) in [5.41, 5.74) is 5.23. The number of ether oxygens (including phenoxy) is 1. The lowest BCUT2D eigenvalue weighted by molar-refractivity contribution is -0.104. The summed E-state index contributed by atoms with van der Waals surface area (Å²) in [6.07, 6.45) is 6.06. The van der Waals surface area contributed by atoms with Crippen molar-refractivity contribution in [3.8, 4) is 0 Å². The molecule has 2 aliphatic rings. The number of aromatic nitrogens is 3. The molecule has 0 saturated carbocycles. The van der Waals surface area contributed by atoms with Crippen LogP contribution in [0.3, 0.4) is 0 Å². The van der Waals surface area contributed by atoms with E-state index in [4.69, 9.17) is 4.74 Å². The highest BCUT2D eigenvalue weighted by Crippen LogP contribution is 2.37. The van der Waals surface area contributed by atoms with E-state index < -0.39 is 0 Å². The number of fused-ring (bicyclic) bond motifs is 2. The van der Waals surface area contributed by atoms with Crippen molar-refractivity contribution in [3.05, 3.63) is 53.0 Å². The number of nitrogens with zero attached hydrogens (tertiary/aromatic N) is 4. The number of hydrogen-bond donors (Lipinski definition) is 1. The number of hydrogen-bond acceptors (Lipinski definition) is 4. The Morgan fingerprint density at radius 3 is 2.76 bits per heavy atom. The van der Waals surface area contributed by atoms with Crippen LogP contribution in [0.15, 0.2) is 30.5 Å². The van der Waals surface area contributed by atoms with Crippen LogP contribution in [0.5, 0.6) is 0 Å². The Morgan fingerprint density at radius 2 is 2.00 bits per heavy atom. The van der Waals surface area contributed by atoms with Crippen molar-refractivity contribution in [2.75, 3.05) is 19.6 Å². The van der Waals surface area contributed by atoms with Gasteiger partial charge in [-0.3, -0.25) is 14.4 Å². The average Bonchev–Trinajstić information content (AvgIpc) is 3.36. The molecule has 33 heavy (non-hydrogen) atoms. The fourth-order valence-corrected chi connectivity index (χ4v) is 5.45. The van der Waals surface area contributed by atoms with E-state index in [1.807, 2.05) is 11.7 Å². The van der Waals surface area contributed by atoms with Gasteiger partial charge in [0.25, 0.3) is 5.91 Å². The Labute approximate surface area is 195 Å². The monoisotopic (exact) mass is 449 g/mol. The number of likely N-dealkylation sites (tertiary alicyclic amines) is 1. The van der Waals surface area contributed by atoms with Gasteiger partial charge in [0.2, 0.25) is 0 Å². The SMILES string of the molecule is CCCNC(=O)c1nn(C)c2c1COC1(CCN(Cc3cn(CC)c4ccccc34)CC1)C2. The number of nitrogens with one attached hydrogen (secondary N) is 1. The summed E-state index contributed by atoms with van der Waals surface area (Å²) >= 11 is 0. The number of amides is 1. The van der Waals surface area contributed by atoms with E-state index in [1.54, 1.807) is 0 Å². The molecule has 176 valence electrons. The molecule has 4 heterocycles. The van der Waals surface area contributed by atoms with E-state index in [0.29, 0.717) is 18.8 Å². The summed E-state index contributed by atoms with van der Waals surface area (Å²) in [6.45, 7) is 9.39. The lowest BCUT2D eigenvalue weighted by Crippen LogP contribution is -2.49. The molecular formula is C26H35N5O2. The molecule has 0 unspecified atom stereocenters. The summed E-state index contributed by atoms with van der Waals surface area (Å²) in [5.74, 6) is -0.0886. The Morgan fingerprint density at radius 1 is 1.21 bits per heavy atom. The zero-order chi connectivity index (χ0) is 23.0. The number of rotatable bonds is 6. The fraction of sp³-hybridized carbons (Fsp3) is 0.538. The zero-order valence-corrected chi connectivity index (χ0v) is 20.1. The van der Waals surface area contributed by atoms with Crippen molar-refractivity contribution in [1.29, 1.82) is 0 Å². The molecule has 2 aliphatic heterocycles. The summed E-state index contributed by atoms with van der Waals surface area (Å²) in [5, 5.41) is 8.86. The Bertz CT molecular complexity index is 1150. The average molecular weight is 450 g/mol. The van der Waals surface area contributed by atoms with Crippen LogP contribution < -0.4 is 5.32 Å². The smallest absolute Gasteiger partial charge is 0.272 e. The largest absolute Gasteiger partial charge is 0.370 e. The van der Waals surface area contributed by atoms with Crippen molar-refractivity contribution in [2.24, 2.45) is 7.05 Å². The van der Waals surface area contributed by atoms with Gasteiger partial charge in [-0.2, -0.15) is 5.10 Å². The Kier molecular flexibility index (Phi) is 6.01. The molecule has 1 N–H and O–H groups in total. The van der Waals surface area contributed by atoms with E-state index in [9.17, 15) is 4.79 Å². The minimum Gasteiger partial charge on any atom is -0.370 e. The van der Waals surface area contributed by atoms with Crippen molar-refractivity contribution < 1.29 is 9.53 Å². The van der Waals surface area contributed by atoms with Crippen LogP contribution in [0.2, 0.25) is 0 Å². The van der Waals surface area contributed by atoms with Gasteiger partial charge in [-0.25, -0.2) is 0 Å². The highest BCUT2D eigenvalue weighted by molar-refractivity contribution is 5.94. The number of benzene rings is 1. The lowest BCUT2D eigenvalue weighted by atomic mass is 9.83. The van der Waals surface area contributed by atoms with E-state index >= 15 is 0 Å². The zero-order valence-electron chi connectivity index (χ0n) is 20.1. The van der Waals surface area contributed by atoms with Crippen LogP contribution in [0.25, 0.3) is 10.9 Å². The van der Waals surface area contributed by atoms with E-state index in [0.717, 1.165) is 63.1 Å². The second-order valence-electron chi connectivity index (χ2n) is 9.54. The molecule has 1 aromatic carbocycles. The third-order valence-corrected chi connectivity index (χ3v) is 7.41. The molecule has 0 atom stereocenters. The highest BCUT2D eigenvalue weighted by Gasteiger charge is 2.41. The predicted molar refractivity (Wildman–Crippen MR) is 129 cm³/mol. The third kappa shape index (κ3) is 4.08. The molecule has 1 spiro atoms. The predicted octanol–water partition coefficient (Wildman–Crippen LogP) is 3.64. The van der Waals surface area contributed by atoms with Crippen LogP contribution in [0.4, 0.5) is 0 Å². The van der Waals surface area contributed by atoms with E-state index in [-0.39, 0.29) is 11.5 Å². The van der Waals surface area contributed by atoms with Crippen molar-refractivity contribution in [2.45, 2.75) is 64.8 Å². The van der Waals surface area contributed by atoms with Crippen LogP contribution in [0, 0.1) is 0 Å². The van der Waals surface area contributed by atoms with Gasteiger partial charge in [-0.15, -0.1) is 0 Å². The minimum absolute atomic E-state index is 0.0886. The number of aryl methyl sites for hydroxylation is 2. The first kappa shape index (κ1) is 22.2. The van der Waals surface area contributed by atoms with Crippen LogP contribution in [0.1, 0.15) is 60.4 Å². The van der Waals surface area contributed by atoms with Crippen molar-refractivity contribution >= 4 is 16.8 Å².